The summed E-state index contributed by atoms with van der Waals surface area (Å²) in [5.74, 6) is 0. The Morgan fingerprint density at radius 3 is 1.36 bits per heavy atom. The van der Waals surface area contributed by atoms with E-state index in [1.807, 2.05) is 182 Å². The van der Waals surface area contributed by atoms with E-state index in [9.17, 15) is 5.11 Å². The van der Waals surface area contributed by atoms with Gasteiger partial charge in [-0.15, -0.1) is 0 Å². The van der Waals surface area contributed by atoms with Crippen LogP contribution in [0.3, 0.4) is 0 Å². The minimum atomic E-state index is -1.14. The molecule has 0 aliphatic carbocycles. The lowest BCUT2D eigenvalue weighted by Crippen LogP contribution is -2.63. The van der Waals surface area contributed by atoms with Crippen LogP contribution in [0.15, 0.2) is 194 Å². The van der Waals surface area contributed by atoms with E-state index in [1.54, 1.807) is 0 Å². The maximum Gasteiger partial charge on any atom is 0.187 e. The van der Waals surface area contributed by atoms with E-state index in [2.05, 4.69) is 19.1 Å². The van der Waals surface area contributed by atoms with Crippen LogP contribution in [0, 0.1) is 0 Å². The van der Waals surface area contributed by atoms with Gasteiger partial charge in [0.05, 0.1) is 59.0 Å². The van der Waals surface area contributed by atoms with Gasteiger partial charge in [0.1, 0.15) is 36.6 Å². The molecule has 1 fully saturated rings. The fourth-order valence-electron chi connectivity index (χ4n) is 9.40. The molecule has 1 saturated heterocycles. The highest BCUT2D eigenvalue weighted by Gasteiger charge is 2.51. The summed E-state index contributed by atoms with van der Waals surface area (Å²) in [6, 6.07) is 60.5. The van der Waals surface area contributed by atoms with Gasteiger partial charge in [-0.1, -0.05) is 252 Å². The van der Waals surface area contributed by atoms with E-state index in [0.717, 1.165) is 46.2 Å². The molecule has 400 valence electrons. The molecule has 9 heteroatoms. The SMILES string of the molecule is CCCCCCCCCCC/C=C/C[C@@H](OCc1ccccc1)[C@H](O[C@@H]1O[C@H](COCc2ccccc2)[C@@H](OCc2ccccc2)[C@H](OCc2ccccc2)[C@H]1OCc1ccccc1)[C@H](O)COCc1ccccc1. The van der Waals surface area contributed by atoms with Crippen LogP contribution in [0.4, 0.5) is 0 Å². The Bertz CT molecular complexity index is 2360. The number of aliphatic hydroxyl groups is 1. The number of allylic oxidation sites excluding steroid dienone is 1. The molecule has 1 N–H and O–H groups in total. The molecule has 8 atom stereocenters. The second kappa shape index (κ2) is 34.4. The van der Waals surface area contributed by atoms with Crippen LogP contribution in [0.5, 0.6) is 0 Å². The molecule has 1 aliphatic rings. The molecule has 0 bridgehead atoms. The normalized spacial score (nSPS) is 19.0. The zero-order chi connectivity index (χ0) is 51.8. The highest BCUT2D eigenvalue weighted by Crippen LogP contribution is 2.34. The Labute approximate surface area is 448 Å². The van der Waals surface area contributed by atoms with E-state index in [0.29, 0.717) is 32.8 Å². The lowest BCUT2D eigenvalue weighted by molar-refractivity contribution is -0.347. The zero-order valence-corrected chi connectivity index (χ0v) is 44.2. The lowest BCUT2D eigenvalue weighted by atomic mass is 9.97. The second-order valence-corrected chi connectivity index (χ2v) is 19.7. The Morgan fingerprint density at radius 1 is 0.453 bits per heavy atom. The highest BCUT2D eigenvalue weighted by atomic mass is 16.7. The van der Waals surface area contributed by atoms with Crippen molar-refractivity contribution in [3.63, 3.8) is 0 Å². The number of unbranched alkanes of at least 4 members (excludes halogenated alkanes) is 9. The molecule has 1 aliphatic heterocycles. The van der Waals surface area contributed by atoms with Crippen LogP contribution in [0.2, 0.25) is 0 Å². The van der Waals surface area contributed by atoms with Crippen molar-refractivity contribution in [1.29, 1.82) is 0 Å². The molecule has 6 aromatic carbocycles. The summed E-state index contributed by atoms with van der Waals surface area (Å²) < 4.78 is 55.3. The monoisotopic (exact) mass is 1020 g/mol. The average molecular weight is 1020 g/mol. The van der Waals surface area contributed by atoms with Gasteiger partial charge >= 0.3 is 0 Å². The standard InChI is InChI=1S/C66H82O9/c1-2-3-4-5-6-7-8-9-10-11-12-31-44-60(70-47-55-36-23-15-24-37-55)62(59(67)51-68-45-53-32-19-13-20-33-53)75-66-65(73-50-58-42-29-18-30-43-58)64(72-49-57-40-27-17-28-41-57)63(71-48-56-38-25-16-26-39-56)61(74-66)52-69-46-54-34-21-14-22-35-54/h12-43,59-67H,2-11,44-52H2,1H3/b31-12+/t59-,60-,61-,62-,63-,64+,65-,66+/m1/s1. The molecule has 0 aromatic heterocycles. The largest absolute Gasteiger partial charge is 0.388 e. The highest BCUT2D eigenvalue weighted by molar-refractivity contribution is 5.18. The van der Waals surface area contributed by atoms with Gasteiger partial charge in [-0.05, 0) is 52.6 Å². The van der Waals surface area contributed by atoms with Gasteiger partial charge in [0.2, 0.25) is 0 Å². The van der Waals surface area contributed by atoms with Gasteiger partial charge < -0.3 is 43.0 Å². The summed E-state index contributed by atoms with van der Waals surface area (Å²) in [5, 5.41) is 12.6. The average Bonchev–Trinajstić information content (AvgIpc) is 3.46. The summed E-state index contributed by atoms with van der Waals surface area (Å²) in [4.78, 5) is 0. The van der Waals surface area contributed by atoms with Gasteiger partial charge in [0.25, 0.3) is 0 Å². The number of aliphatic hydroxyl groups excluding tert-OH is 1. The van der Waals surface area contributed by atoms with E-state index >= 15 is 0 Å². The van der Waals surface area contributed by atoms with Crippen molar-refractivity contribution in [2.24, 2.45) is 0 Å². The number of ether oxygens (including phenoxy) is 8. The maximum absolute atomic E-state index is 12.6. The Hall–Kier alpha value is -5.30. The molecule has 6 aromatic rings. The van der Waals surface area contributed by atoms with Crippen molar-refractivity contribution in [1.82, 2.24) is 0 Å². The first kappa shape index (κ1) is 57.4. The van der Waals surface area contributed by atoms with Gasteiger partial charge in [0, 0.05) is 0 Å². The Balaban J connectivity index is 1.21. The maximum atomic E-state index is 12.6. The molecule has 9 nitrogen and oxygen atoms in total. The van der Waals surface area contributed by atoms with Crippen molar-refractivity contribution in [2.75, 3.05) is 13.2 Å². The molecular formula is C66H82O9. The quantitative estimate of drug-likeness (QED) is 0.0305. The van der Waals surface area contributed by atoms with Crippen molar-refractivity contribution >= 4 is 0 Å². The summed E-state index contributed by atoms with van der Waals surface area (Å²) >= 11 is 0. The topological polar surface area (TPSA) is 94.1 Å². The van der Waals surface area contributed by atoms with Crippen LogP contribution >= 0.6 is 0 Å². The molecule has 0 saturated carbocycles. The van der Waals surface area contributed by atoms with Crippen LogP contribution in [0.1, 0.15) is 111 Å². The molecule has 0 spiro atoms. The lowest BCUT2D eigenvalue weighted by Gasteiger charge is -2.47. The molecule has 1 heterocycles. The smallest absolute Gasteiger partial charge is 0.187 e. The van der Waals surface area contributed by atoms with Crippen LogP contribution in [-0.2, 0) is 77.5 Å². The first-order valence-electron chi connectivity index (χ1n) is 27.6. The van der Waals surface area contributed by atoms with E-state index in [1.165, 1.54) is 51.4 Å². The van der Waals surface area contributed by atoms with Crippen LogP contribution < -0.4 is 0 Å². The van der Waals surface area contributed by atoms with Gasteiger partial charge in [-0.3, -0.25) is 0 Å². The van der Waals surface area contributed by atoms with Crippen molar-refractivity contribution in [2.45, 2.75) is 166 Å². The number of hydrogen-bond acceptors (Lipinski definition) is 9. The Kier molecular flexibility index (Phi) is 26.3. The van der Waals surface area contributed by atoms with Crippen LogP contribution in [0.25, 0.3) is 0 Å². The fourth-order valence-corrected chi connectivity index (χ4v) is 9.40. The first-order chi connectivity index (χ1) is 37.1. The molecule has 0 unspecified atom stereocenters. The number of hydrogen-bond donors (Lipinski definition) is 1. The summed E-state index contributed by atoms with van der Waals surface area (Å²) in [6.07, 6.45) is 10.6. The minimum absolute atomic E-state index is 0.0183. The van der Waals surface area contributed by atoms with Crippen molar-refractivity contribution < 1.29 is 43.0 Å². The molecule has 7 rings (SSSR count). The van der Waals surface area contributed by atoms with E-state index < -0.39 is 49.0 Å². The predicted molar refractivity (Wildman–Crippen MR) is 297 cm³/mol. The number of benzene rings is 6. The summed E-state index contributed by atoms with van der Waals surface area (Å²) in [5.41, 5.74) is 6.02. The third kappa shape index (κ3) is 21.0. The summed E-state index contributed by atoms with van der Waals surface area (Å²) in [6.45, 7) is 4.21. The fraction of sp³-hybridized carbons (Fsp3) is 0.424. The van der Waals surface area contributed by atoms with E-state index in [-0.39, 0.29) is 26.4 Å². The zero-order valence-electron chi connectivity index (χ0n) is 44.2. The van der Waals surface area contributed by atoms with Crippen molar-refractivity contribution in [3.8, 4) is 0 Å². The van der Waals surface area contributed by atoms with E-state index in [4.69, 9.17) is 37.9 Å². The summed E-state index contributed by atoms with van der Waals surface area (Å²) in [7, 11) is 0. The Morgan fingerprint density at radius 2 is 0.867 bits per heavy atom. The van der Waals surface area contributed by atoms with Gasteiger partial charge in [0.15, 0.2) is 6.29 Å². The predicted octanol–water partition coefficient (Wildman–Crippen LogP) is 14.1. The number of rotatable bonds is 36. The van der Waals surface area contributed by atoms with Gasteiger partial charge in [-0.25, -0.2) is 0 Å². The third-order valence-corrected chi connectivity index (χ3v) is 13.6. The molecular weight excluding hydrogens is 937 g/mol. The van der Waals surface area contributed by atoms with Crippen molar-refractivity contribution in [3.05, 3.63) is 228 Å². The second-order valence-electron chi connectivity index (χ2n) is 19.7. The molecule has 0 amide bonds. The first-order valence-corrected chi connectivity index (χ1v) is 27.6. The third-order valence-electron chi connectivity index (χ3n) is 13.6. The van der Waals surface area contributed by atoms with Crippen LogP contribution in [-0.4, -0.2) is 67.3 Å². The minimum Gasteiger partial charge on any atom is -0.388 e. The molecule has 0 radical (unpaired) electrons. The van der Waals surface area contributed by atoms with Gasteiger partial charge in [-0.2, -0.15) is 0 Å². The molecule has 75 heavy (non-hydrogen) atoms.